The van der Waals surface area contributed by atoms with Gasteiger partial charge in [0.05, 0.1) is 0 Å². The van der Waals surface area contributed by atoms with Gasteiger partial charge in [-0.2, -0.15) is 11.8 Å². The molecule has 2 nitrogen and oxygen atoms in total. The molecule has 0 spiro atoms. The van der Waals surface area contributed by atoms with Gasteiger partial charge in [-0.15, -0.1) is 0 Å². The third-order valence-corrected chi connectivity index (χ3v) is 3.91. The number of thioether (sulfide) groups is 1. The van der Waals surface area contributed by atoms with Crippen molar-refractivity contribution >= 4 is 11.8 Å². The molecule has 0 saturated heterocycles. The molecule has 0 amide bonds. The lowest BCUT2D eigenvalue weighted by Gasteiger charge is -2.17. The fraction of sp³-hybridized carbons (Fsp3) is 0.571. The van der Waals surface area contributed by atoms with Gasteiger partial charge < -0.3 is 10.4 Å². The Balaban J connectivity index is 2.44. The van der Waals surface area contributed by atoms with Crippen LogP contribution in [0.3, 0.4) is 0 Å². The highest BCUT2D eigenvalue weighted by Gasteiger charge is 2.08. The van der Waals surface area contributed by atoms with Crippen molar-refractivity contribution in [3.63, 3.8) is 0 Å². The molecule has 0 aliphatic heterocycles. The number of aromatic hydroxyl groups is 1. The molecule has 0 fully saturated rings. The Hall–Kier alpha value is -0.670. The molecule has 1 aromatic carbocycles. The summed E-state index contributed by atoms with van der Waals surface area (Å²) in [6, 6.07) is 8.06. The minimum Gasteiger partial charge on any atom is -0.508 e. The first-order valence-corrected chi connectivity index (χ1v) is 7.50. The molecular formula is C14H23NOS. The minimum atomic E-state index is 0.342. The van der Waals surface area contributed by atoms with Gasteiger partial charge in [-0.3, -0.25) is 0 Å². The Bertz CT molecular complexity index is 300. The van der Waals surface area contributed by atoms with Crippen LogP contribution < -0.4 is 5.32 Å². The van der Waals surface area contributed by atoms with Gasteiger partial charge in [-0.25, -0.2) is 0 Å². The molecule has 0 saturated carbocycles. The van der Waals surface area contributed by atoms with Crippen LogP contribution in [0.15, 0.2) is 24.3 Å². The number of hydrogen-bond donors (Lipinski definition) is 2. The standard InChI is InChI=1S/C14H23NOS/c1-3-9-17-11-13(15-4-2)10-12-5-7-14(16)8-6-12/h5-8,13,15-16H,3-4,9-11H2,1-2H3. The van der Waals surface area contributed by atoms with Gasteiger partial charge in [-0.05, 0) is 42.8 Å². The largest absolute Gasteiger partial charge is 0.508 e. The molecule has 0 aliphatic rings. The maximum Gasteiger partial charge on any atom is 0.115 e. The number of benzene rings is 1. The van der Waals surface area contributed by atoms with Crippen LogP contribution in [-0.2, 0) is 6.42 Å². The minimum absolute atomic E-state index is 0.342. The molecule has 1 rings (SSSR count). The van der Waals surface area contributed by atoms with Gasteiger partial charge in [-0.1, -0.05) is 26.0 Å². The Morgan fingerprint density at radius 1 is 1.24 bits per heavy atom. The zero-order valence-corrected chi connectivity index (χ0v) is 11.6. The van der Waals surface area contributed by atoms with E-state index in [4.69, 9.17) is 0 Å². The molecule has 0 radical (unpaired) electrons. The molecule has 1 atom stereocenters. The molecule has 0 aliphatic carbocycles. The predicted molar refractivity (Wildman–Crippen MR) is 76.9 cm³/mol. The van der Waals surface area contributed by atoms with Crippen LogP contribution in [-0.4, -0.2) is 29.2 Å². The lowest BCUT2D eigenvalue weighted by atomic mass is 10.1. The van der Waals surface area contributed by atoms with E-state index in [0.29, 0.717) is 11.8 Å². The molecule has 0 heterocycles. The lowest BCUT2D eigenvalue weighted by molar-refractivity contribution is 0.474. The van der Waals surface area contributed by atoms with Crippen LogP contribution in [0.2, 0.25) is 0 Å². The molecule has 3 heteroatoms. The predicted octanol–water partition coefficient (Wildman–Crippen LogP) is 3.06. The summed E-state index contributed by atoms with van der Waals surface area (Å²) in [6.45, 7) is 5.37. The van der Waals surface area contributed by atoms with Crippen LogP contribution >= 0.6 is 11.8 Å². The number of phenolic OH excluding ortho intramolecular Hbond substituents is 1. The van der Waals surface area contributed by atoms with Crippen molar-refractivity contribution in [2.45, 2.75) is 32.7 Å². The Labute approximate surface area is 109 Å². The Morgan fingerprint density at radius 3 is 2.53 bits per heavy atom. The van der Waals surface area contributed by atoms with E-state index in [2.05, 4.69) is 19.2 Å². The van der Waals surface area contributed by atoms with Gasteiger partial charge in [0.25, 0.3) is 0 Å². The average molecular weight is 253 g/mol. The third kappa shape index (κ3) is 5.99. The second-order valence-corrected chi connectivity index (χ2v) is 5.35. The van der Waals surface area contributed by atoms with Gasteiger partial charge in [0.2, 0.25) is 0 Å². The van der Waals surface area contributed by atoms with E-state index < -0.39 is 0 Å². The van der Waals surface area contributed by atoms with Crippen LogP contribution in [0.25, 0.3) is 0 Å². The van der Waals surface area contributed by atoms with Crippen LogP contribution in [0.5, 0.6) is 5.75 Å². The summed E-state index contributed by atoms with van der Waals surface area (Å²) in [5.41, 5.74) is 1.28. The summed E-state index contributed by atoms with van der Waals surface area (Å²) in [4.78, 5) is 0. The molecule has 1 aromatic rings. The molecule has 1 unspecified atom stereocenters. The zero-order chi connectivity index (χ0) is 12.5. The van der Waals surface area contributed by atoms with Gasteiger partial charge in [0.1, 0.15) is 5.75 Å². The summed E-state index contributed by atoms with van der Waals surface area (Å²) in [7, 11) is 0. The van der Waals surface area contributed by atoms with Crippen molar-refractivity contribution in [3.05, 3.63) is 29.8 Å². The van der Waals surface area contributed by atoms with Crippen molar-refractivity contribution in [3.8, 4) is 5.75 Å². The monoisotopic (exact) mass is 253 g/mol. The van der Waals surface area contributed by atoms with Gasteiger partial charge >= 0.3 is 0 Å². The molecule has 0 bridgehead atoms. The molecule has 96 valence electrons. The highest BCUT2D eigenvalue weighted by atomic mass is 32.2. The third-order valence-electron chi connectivity index (χ3n) is 2.58. The second-order valence-electron chi connectivity index (χ2n) is 4.20. The number of nitrogens with one attached hydrogen (secondary N) is 1. The SMILES string of the molecule is CCCSCC(Cc1ccc(O)cc1)NCC. The summed E-state index contributed by atoms with van der Waals surface area (Å²) in [5.74, 6) is 2.73. The molecule has 2 N–H and O–H groups in total. The van der Waals surface area contributed by atoms with E-state index in [1.54, 1.807) is 12.1 Å². The highest BCUT2D eigenvalue weighted by molar-refractivity contribution is 7.99. The quantitative estimate of drug-likeness (QED) is 0.698. The summed E-state index contributed by atoms with van der Waals surface area (Å²) >= 11 is 2.01. The van der Waals surface area contributed by atoms with E-state index in [1.807, 2.05) is 23.9 Å². The summed E-state index contributed by atoms with van der Waals surface area (Å²) in [5, 5.41) is 12.8. The highest BCUT2D eigenvalue weighted by Crippen LogP contribution is 2.13. The number of hydrogen-bond acceptors (Lipinski definition) is 3. The van der Waals surface area contributed by atoms with E-state index in [9.17, 15) is 5.11 Å². The van der Waals surface area contributed by atoms with Crippen molar-refractivity contribution in [2.75, 3.05) is 18.1 Å². The van der Waals surface area contributed by atoms with E-state index in [0.717, 1.165) is 18.7 Å². The first kappa shape index (κ1) is 14.4. The van der Waals surface area contributed by atoms with Crippen molar-refractivity contribution in [1.29, 1.82) is 0 Å². The Kier molecular flexibility index (Phi) is 7.13. The summed E-state index contributed by atoms with van der Waals surface area (Å²) in [6.07, 6.45) is 2.27. The fourth-order valence-corrected chi connectivity index (χ4v) is 2.74. The molecular weight excluding hydrogens is 230 g/mol. The zero-order valence-electron chi connectivity index (χ0n) is 10.8. The summed E-state index contributed by atoms with van der Waals surface area (Å²) < 4.78 is 0. The van der Waals surface area contributed by atoms with Crippen molar-refractivity contribution in [2.24, 2.45) is 0 Å². The van der Waals surface area contributed by atoms with E-state index >= 15 is 0 Å². The van der Waals surface area contributed by atoms with E-state index in [-0.39, 0.29) is 0 Å². The first-order valence-electron chi connectivity index (χ1n) is 6.35. The number of likely N-dealkylation sites (N-methyl/N-ethyl adjacent to an activating group) is 1. The normalized spacial score (nSPS) is 12.6. The number of phenols is 1. The smallest absolute Gasteiger partial charge is 0.115 e. The Morgan fingerprint density at radius 2 is 1.94 bits per heavy atom. The van der Waals surface area contributed by atoms with Crippen LogP contribution in [0.1, 0.15) is 25.8 Å². The fourth-order valence-electron chi connectivity index (χ4n) is 1.77. The maximum absolute atomic E-state index is 9.25. The molecule has 17 heavy (non-hydrogen) atoms. The average Bonchev–Trinajstić information content (AvgIpc) is 2.32. The van der Waals surface area contributed by atoms with Gasteiger partial charge in [0, 0.05) is 11.8 Å². The first-order chi connectivity index (χ1) is 8.26. The van der Waals surface area contributed by atoms with Crippen molar-refractivity contribution < 1.29 is 5.11 Å². The van der Waals surface area contributed by atoms with Gasteiger partial charge in [0.15, 0.2) is 0 Å². The van der Waals surface area contributed by atoms with Crippen LogP contribution in [0.4, 0.5) is 0 Å². The van der Waals surface area contributed by atoms with Crippen molar-refractivity contribution in [1.82, 2.24) is 5.32 Å². The van der Waals surface area contributed by atoms with Crippen LogP contribution in [0, 0.1) is 0 Å². The van der Waals surface area contributed by atoms with E-state index in [1.165, 1.54) is 17.7 Å². The second kappa shape index (κ2) is 8.43. The lowest BCUT2D eigenvalue weighted by Crippen LogP contribution is -2.33. The topological polar surface area (TPSA) is 32.3 Å². The molecule has 0 aromatic heterocycles. The maximum atomic E-state index is 9.25. The number of rotatable bonds is 8.